The zero-order valence-corrected chi connectivity index (χ0v) is 16.6. The minimum absolute atomic E-state index is 0.0519. The van der Waals surface area contributed by atoms with E-state index in [0.29, 0.717) is 37.5 Å². The summed E-state index contributed by atoms with van der Waals surface area (Å²) < 4.78 is 5.31. The second-order valence-corrected chi connectivity index (χ2v) is 7.34. The SMILES string of the molecule is COc1cc(C(=O)N2CCN(C(=O)C(C)(N)c3ccccc3)CC2)ccc1C. The van der Waals surface area contributed by atoms with Gasteiger partial charge in [0.25, 0.3) is 5.91 Å². The summed E-state index contributed by atoms with van der Waals surface area (Å²) in [6, 6.07) is 14.8. The molecule has 148 valence electrons. The number of piperazine rings is 1. The van der Waals surface area contributed by atoms with Crippen LogP contribution < -0.4 is 10.5 Å². The third kappa shape index (κ3) is 3.87. The molecule has 1 unspecified atom stereocenters. The Bertz CT molecular complexity index is 857. The van der Waals surface area contributed by atoms with Crippen LogP contribution in [0.15, 0.2) is 48.5 Å². The Morgan fingerprint density at radius 1 is 1.00 bits per heavy atom. The molecule has 2 aromatic rings. The average Bonchev–Trinajstić information content (AvgIpc) is 2.73. The van der Waals surface area contributed by atoms with Gasteiger partial charge in [0.1, 0.15) is 11.3 Å². The molecule has 1 heterocycles. The number of aryl methyl sites for hydroxylation is 1. The van der Waals surface area contributed by atoms with E-state index >= 15 is 0 Å². The fourth-order valence-corrected chi connectivity index (χ4v) is 3.48. The van der Waals surface area contributed by atoms with Gasteiger partial charge in [-0.15, -0.1) is 0 Å². The molecule has 0 aromatic heterocycles. The largest absolute Gasteiger partial charge is 0.496 e. The highest BCUT2D eigenvalue weighted by atomic mass is 16.5. The summed E-state index contributed by atoms with van der Waals surface area (Å²) in [7, 11) is 1.59. The Balaban J connectivity index is 1.65. The number of hydrogen-bond acceptors (Lipinski definition) is 4. The summed E-state index contributed by atoms with van der Waals surface area (Å²) in [5.41, 5.74) is 7.63. The van der Waals surface area contributed by atoms with Crippen LogP contribution in [0.4, 0.5) is 0 Å². The van der Waals surface area contributed by atoms with E-state index < -0.39 is 5.54 Å². The van der Waals surface area contributed by atoms with Gasteiger partial charge in [-0.3, -0.25) is 9.59 Å². The van der Waals surface area contributed by atoms with Crippen molar-refractivity contribution in [2.75, 3.05) is 33.3 Å². The third-order valence-corrected chi connectivity index (χ3v) is 5.33. The van der Waals surface area contributed by atoms with Crippen molar-refractivity contribution in [3.8, 4) is 5.75 Å². The van der Waals surface area contributed by atoms with Crippen molar-refractivity contribution in [3.05, 3.63) is 65.2 Å². The van der Waals surface area contributed by atoms with Gasteiger partial charge in [0.05, 0.1) is 7.11 Å². The van der Waals surface area contributed by atoms with E-state index in [9.17, 15) is 9.59 Å². The Labute approximate surface area is 165 Å². The van der Waals surface area contributed by atoms with Gasteiger partial charge in [-0.2, -0.15) is 0 Å². The zero-order chi connectivity index (χ0) is 20.3. The van der Waals surface area contributed by atoms with Crippen LogP contribution in [-0.2, 0) is 10.3 Å². The lowest BCUT2D eigenvalue weighted by atomic mass is 9.91. The molecule has 0 spiro atoms. The van der Waals surface area contributed by atoms with Gasteiger partial charge in [-0.1, -0.05) is 36.4 Å². The predicted molar refractivity (Wildman–Crippen MR) is 108 cm³/mol. The number of benzene rings is 2. The van der Waals surface area contributed by atoms with Gasteiger partial charge in [0, 0.05) is 31.7 Å². The summed E-state index contributed by atoms with van der Waals surface area (Å²) >= 11 is 0. The number of rotatable bonds is 4. The number of nitrogens with zero attached hydrogens (tertiary/aromatic N) is 2. The molecule has 1 saturated heterocycles. The molecule has 6 heteroatoms. The minimum atomic E-state index is -1.09. The highest BCUT2D eigenvalue weighted by Crippen LogP contribution is 2.23. The van der Waals surface area contributed by atoms with Crippen LogP contribution >= 0.6 is 0 Å². The smallest absolute Gasteiger partial charge is 0.254 e. The molecule has 6 nitrogen and oxygen atoms in total. The fraction of sp³-hybridized carbons (Fsp3) is 0.364. The molecular formula is C22H27N3O3. The van der Waals surface area contributed by atoms with E-state index in [1.165, 1.54) is 0 Å². The Kier molecular flexibility index (Phi) is 5.70. The molecule has 3 rings (SSSR count). The van der Waals surface area contributed by atoms with E-state index in [0.717, 1.165) is 11.1 Å². The molecule has 1 aliphatic heterocycles. The van der Waals surface area contributed by atoms with Crippen LogP contribution in [0, 0.1) is 6.92 Å². The Morgan fingerprint density at radius 2 is 1.61 bits per heavy atom. The molecule has 0 bridgehead atoms. The van der Waals surface area contributed by atoms with Gasteiger partial charge in [0.2, 0.25) is 5.91 Å². The highest BCUT2D eigenvalue weighted by Gasteiger charge is 2.36. The first kappa shape index (κ1) is 19.9. The quantitative estimate of drug-likeness (QED) is 0.881. The number of carbonyl (C=O) groups is 2. The maximum atomic E-state index is 13.0. The van der Waals surface area contributed by atoms with E-state index in [1.807, 2.05) is 49.4 Å². The lowest BCUT2D eigenvalue weighted by Gasteiger charge is -2.38. The van der Waals surface area contributed by atoms with E-state index in [-0.39, 0.29) is 11.8 Å². The Morgan fingerprint density at radius 3 is 2.21 bits per heavy atom. The zero-order valence-electron chi connectivity index (χ0n) is 16.6. The first-order valence-corrected chi connectivity index (χ1v) is 9.42. The molecule has 28 heavy (non-hydrogen) atoms. The summed E-state index contributed by atoms with van der Waals surface area (Å²) in [4.78, 5) is 29.3. The van der Waals surface area contributed by atoms with E-state index in [4.69, 9.17) is 10.5 Å². The lowest BCUT2D eigenvalue weighted by Crippen LogP contribution is -2.57. The standard InChI is InChI=1S/C22H27N3O3/c1-16-9-10-17(15-19(16)28-3)20(26)24-11-13-25(14-12-24)21(27)22(2,23)18-7-5-4-6-8-18/h4-10,15H,11-14,23H2,1-3H3. The number of carbonyl (C=O) groups excluding carboxylic acids is 2. The predicted octanol–water partition coefficient (Wildman–Crippen LogP) is 2.16. The van der Waals surface area contributed by atoms with Crippen molar-refractivity contribution in [2.24, 2.45) is 5.73 Å². The van der Waals surface area contributed by atoms with Crippen LogP contribution in [0.5, 0.6) is 5.75 Å². The first-order chi connectivity index (χ1) is 13.3. The summed E-state index contributed by atoms with van der Waals surface area (Å²) in [5, 5.41) is 0. The van der Waals surface area contributed by atoms with Gasteiger partial charge >= 0.3 is 0 Å². The second kappa shape index (κ2) is 8.02. The number of amides is 2. The van der Waals surface area contributed by atoms with Crippen molar-refractivity contribution < 1.29 is 14.3 Å². The van der Waals surface area contributed by atoms with Crippen LogP contribution in [0.1, 0.15) is 28.4 Å². The summed E-state index contributed by atoms with van der Waals surface area (Å²) in [6.45, 7) is 5.56. The van der Waals surface area contributed by atoms with Gasteiger partial charge in [-0.25, -0.2) is 0 Å². The topological polar surface area (TPSA) is 75.9 Å². The highest BCUT2D eigenvalue weighted by molar-refractivity contribution is 5.95. The molecule has 0 radical (unpaired) electrons. The van der Waals surface area contributed by atoms with E-state index in [2.05, 4.69) is 0 Å². The lowest BCUT2D eigenvalue weighted by molar-refractivity contribution is -0.138. The monoisotopic (exact) mass is 381 g/mol. The number of methoxy groups -OCH3 is 1. The molecule has 1 aliphatic rings. The molecule has 1 fully saturated rings. The second-order valence-electron chi connectivity index (χ2n) is 7.34. The van der Waals surface area contributed by atoms with Crippen molar-refractivity contribution in [2.45, 2.75) is 19.4 Å². The molecule has 2 amide bonds. The van der Waals surface area contributed by atoms with Crippen LogP contribution in [0.25, 0.3) is 0 Å². The summed E-state index contributed by atoms with van der Waals surface area (Å²) in [6.07, 6.45) is 0. The van der Waals surface area contributed by atoms with Crippen molar-refractivity contribution in [1.82, 2.24) is 9.80 Å². The maximum Gasteiger partial charge on any atom is 0.254 e. The number of ether oxygens (including phenoxy) is 1. The molecule has 0 aliphatic carbocycles. The Hall–Kier alpha value is -2.86. The van der Waals surface area contributed by atoms with Crippen molar-refractivity contribution in [3.63, 3.8) is 0 Å². The minimum Gasteiger partial charge on any atom is -0.496 e. The normalized spacial score (nSPS) is 16.4. The first-order valence-electron chi connectivity index (χ1n) is 9.42. The number of nitrogens with two attached hydrogens (primary N) is 1. The third-order valence-electron chi connectivity index (χ3n) is 5.33. The molecular weight excluding hydrogens is 354 g/mol. The average molecular weight is 381 g/mol. The van der Waals surface area contributed by atoms with Crippen molar-refractivity contribution >= 4 is 11.8 Å². The molecule has 0 saturated carbocycles. The van der Waals surface area contributed by atoms with Crippen LogP contribution in [0.3, 0.4) is 0 Å². The van der Waals surface area contributed by atoms with Crippen molar-refractivity contribution in [1.29, 1.82) is 0 Å². The molecule has 2 N–H and O–H groups in total. The van der Waals surface area contributed by atoms with Crippen LogP contribution in [0.2, 0.25) is 0 Å². The van der Waals surface area contributed by atoms with Gasteiger partial charge in [-0.05, 0) is 37.1 Å². The maximum absolute atomic E-state index is 13.0. The number of hydrogen-bond donors (Lipinski definition) is 1. The summed E-state index contributed by atoms with van der Waals surface area (Å²) in [5.74, 6) is 0.521. The van der Waals surface area contributed by atoms with E-state index in [1.54, 1.807) is 29.9 Å². The van der Waals surface area contributed by atoms with Gasteiger partial charge < -0.3 is 20.3 Å². The van der Waals surface area contributed by atoms with Gasteiger partial charge in [0.15, 0.2) is 0 Å². The molecule has 1 atom stereocenters. The van der Waals surface area contributed by atoms with Crippen LogP contribution in [-0.4, -0.2) is 54.9 Å². The fourth-order valence-electron chi connectivity index (χ4n) is 3.48. The molecule has 2 aromatic carbocycles.